The van der Waals surface area contributed by atoms with Crippen LogP contribution in [0.1, 0.15) is 45.4 Å². The van der Waals surface area contributed by atoms with Crippen LogP contribution in [-0.2, 0) is 19.1 Å². The fraction of sp³-hybridized carbons (Fsp3) is 0.524. The van der Waals surface area contributed by atoms with Crippen molar-refractivity contribution in [3.8, 4) is 11.8 Å². The van der Waals surface area contributed by atoms with Gasteiger partial charge in [0, 0.05) is 0 Å². The number of esters is 1. The van der Waals surface area contributed by atoms with Gasteiger partial charge in [0.05, 0.1) is 24.8 Å². The zero-order valence-electron chi connectivity index (χ0n) is 16.5. The minimum absolute atomic E-state index is 0.142. The van der Waals surface area contributed by atoms with E-state index in [-0.39, 0.29) is 25.5 Å². The normalized spacial score (nSPS) is 19.0. The number of amides is 2. The Morgan fingerprint density at radius 2 is 2.03 bits per heavy atom. The van der Waals surface area contributed by atoms with E-state index in [4.69, 9.17) is 9.47 Å². The van der Waals surface area contributed by atoms with E-state index < -0.39 is 23.5 Å². The number of nitriles is 1. The van der Waals surface area contributed by atoms with Gasteiger partial charge in [0.25, 0.3) is 5.91 Å². The van der Waals surface area contributed by atoms with E-state index >= 15 is 0 Å². The number of hydrogen-bond donors (Lipinski definition) is 1. The smallest absolute Gasteiger partial charge is 0.326 e. The summed E-state index contributed by atoms with van der Waals surface area (Å²) < 4.78 is 10.8. The molecule has 0 unspecified atom stereocenters. The molecule has 8 heteroatoms. The van der Waals surface area contributed by atoms with E-state index in [0.29, 0.717) is 24.3 Å². The molecule has 1 atom stereocenters. The highest BCUT2D eigenvalue weighted by Gasteiger charge is 2.35. The number of benzene rings is 1. The highest BCUT2D eigenvalue weighted by atomic mass is 16.5. The summed E-state index contributed by atoms with van der Waals surface area (Å²) in [6.45, 7) is 1.37. The summed E-state index contributed by atoms with van der Waals surface area (Å²) in [5, 5.41) is 12.2. The summed E-state index contributed by atoms with van der Waals surface area (Å²) in [5.41, 5.74) is -0.401. The third-order valence-corrected chi connectivity index (χ3v) is 5.28. The molecule has 8 nitrogen and oxygen atoms in total. The molecule has 0 bridgehead atoms. The molecule has 0 aromatic heterocycles. The second-order valence-corrected chi connectivity index (χ2v) is 7.42. The Balaban J connectivity index is 1.62. The molecule has 1 fully saturated rings. The van der Waals surface area contributed by atoms with Crippen molar-refractivity contribution in [2.75, 3.05) is 18.1 Å². The molecule has 1 saturated carbocycles. The van der Waals surface area contributed by atoms with Gasteiger partial charge in [0.15, 0.2) is 6.10 Å². The fourth-order valence-electron chi connectivity index (χ4n) is 3.67. The van der Waals surface area contributed by atoms with Crippen molar-refractivity contribution in [3.63, 3.8) is 0 Å². The van der Waals surface area contributed by atoms with Crippen molar-refractivity contribution in [1.82, 2.24) is 5.32 Å². The van der Waals surface area contributed by atoms with Gasteiger partial charge >= 0.3 is 5.97 Å². The number of rotatable bonds is 5. The number of fused-ring (bicyclic) bond motifs is 1. The third-order valence-electron chi connectivity index (χ3n) is 5.28. The Labute approximate surface area is 169 Å². The van der Waals surface area contributed by atoms with Gasteiger partial charge in [-0.15, -0.1) is 0 Å². The van der Waals surface area contributed by atoms with Crippen LogP contribution in [0.15, 0.2) is 24.3 Å². The molecule has 1 aromatic rings. The van der Waals surface area contributed by atoms with Crippen LogP contribution >= 0.6 is 0 Å². The van der Waals surface area contributed by atoms with E-state index in [1.807, 2.05) is 0 Å². The average Bonchev–Trinajstić information content (AvgIpc) is 2.87. The highest BCUT2D eigenvalue weighted by molar-refractivity contribution is 5.99. The molecule has 3 rings (SSSR count). The van der Waals surface area contributed by atoms with Crippen LogP contribution in [0.3, 0.4) is 0 Å². The van der Waals surface area contributed by atoms with Crippen molar-refractivity contribution in [2.45, 2.75) is 57.1 Å². The van der Waals surface area contributed by atoms with E-state index in [9.17, 15) is 19.6 Å². The number of carbonyl (C=O) groups is 3. The molecule has 154 valence electrons. The van der Waals surface area contributed by atoms with Crippen LogP contribution < -0.4 is 15.0 Å². The Kier molecular flexibility index (Phi) is 6.37. The Bertz CT molecular complexity index is 826. The monoisotopic (exact) mass is 399 g/mol. The second kappa shape index (κ2) is 8.95. The zero-order valence-corrected chi connectivity index (χ0v) is 16.5. The van der Waals surface area contributed by atoms with Crippen LogP contribution in [0.5, 0.6) is 5.75 Å². The maximum atomic E-state index is 12.5. The van der Waals surface area contributed by atoms with Gasteiger partial charge in [-0.05, 0) is 31.9 Å². The van der Waals surface area contributed by atoms with Crippen LogP contribution in [0.4, 0.5) is 5.69 Å². The van der Waals surface area contributed by atoms with Crippen molar-refractivity contribution in [1.29, 1.82) is 5.26 Å². The van der Waals surface area contributed by atoms with E-state index in [1.165, 1.54) is 11.8 Å². The molecule has 1 heterocycles. The predicted octanol–water partition coefficient (Wildman–Crippen LogP) is 2.08. The average molecular weight is 399 g/mol. The minimum Gasteiger partial charge on any atom is -0.491 e. The first-order valence-corrected chi connectivity index (χ1v) is 9.89. The van der Waals surface area contributed by atoms with Crippen LogP contribution in [0.25, 0.3) is 0 Å². The summed E-state index contributed by atoms with van der Waals surface area (Å²) in [6, 6.07) is 9.17. The van der Waals surface area contributed by atoms with Crippen molar-refractivity contribution in [2.24, 2.45) is 0 Å². The number of anilines is 1. The van der Waals surface area contributed by atoms with Gasteiger partial charge in [-0.25, -0.2) is 0 Å². The lowest BCUT2D eigenvalue weighted by Gasteiger charge is -2.32. The number of carbonyl (C=O) groups excluding carboxylic acids is 3. The Morgan fingerprint density at radius 1 is 1.31 bits per heavy atom. The number of ether oxygens (including phenoxy) is 2. The molecule has 1 aliphatic carbocycles. The molecular weight excluding hydrogens is 374 g/mol. The zero-order chi connectivity index (χ0) is 20.9. The first-order chi connectivity index (χ1) is 13.9. The number of nitrogens with zero attached hydrogens (tertiary/aromatic N) is 2. The molecule has 0 radical (unpaired) electrons. The number of para-hydroxylation sites is 2. The fourth-order valence-corrected chi connectivity index (χ4v) is 3.67. The second-order valence-electron chi connectivity index (χ2n) is 7.42. The Morgan fingerprint density at radius 3 is 2.76 bits per heavy atom. The van der Waals surface area contributed by atoms with Crippen molar-refractivity contribution >= 4 is 23.5 Å². The van der Waals surface area contributed by atoms with E-state index in [1.54, 1.807) is 24.3 Å². The predicted molar refractivity (Wildman–Crippen MR) is 104 cm³/mol. The largest absolute Gasteiger partial charge is 0.491 e. The number of hydrogen-bond acceptors (Lipinski definition) is 6. The molecule has 0 spiro atoms. The van der Waals surface area contributed by atoms with Crippen LogP contribution in [-0.4, -0.2) is 42.6 Å². The van der Waals surface area contributed by atoms with Crippen molar-refractivity contribution in [3.05, 3.63) is 24.3 Å². The third kappa shape index (κ3) is 4.86. The Hall–Kier alpha value is -3.08. The molecule has 1 aromatic carbocycles. The molecule has 2 amide bonds. The van der Waals surface area contributed by atoms with E-state index in [0.717, 1.165) is 19.3 Å². The molecule has 29 heavy (non-hydrogen) atoms. The SMILES string of the molecule is C[C@H](OC(=O)CN1C(=O)CCOc2ccccc21)C(=O)NC1(C#N)CCCCC1. The summed E-state index contributed by atoms with van der Waals surface area (Å²) in [6.07, 6.45) is 3.05. The topological polar surface area (TPSA) is 109 Å². The molecule has 2 aliphatic rings. The summed E-state index contributed by atoms with van der Waals surface area (Å²) in [4.78, 5) is 38.6. The van der Waals surface area contributed by atoms with Crippen molar-refractivity contribution < 1.29 is 23.9 Å². The number of nitrogens with one attached hydrogen (secondary N) is 1. The van der Waals surface area contributed by atoms with E-state index in [2.05, 4.69) is 11.4 Å². The summed E-state index contributed by atoms with van der Waals surface area (Å²) >= 11 is 0. The lowest BCUT2D eigenvalue weighted by Crippen LogP contribution is -2.52. The molecule has 1 N–H and O–H groups in total. The van der Waals surface area contributed by atoms with Gasteiger partial charge in [-0.2, -0.15) is 5.26 Å². The maximum Gasteiger partial charge on any atom is 0.326 e. The summed E-state index contributed by atoms with van der Waals surface area (Å²) in [7, 11) is 0. The minimum atomic E-state index is -1.07. The summed E-state index contributed by atoms with van der Waals surface area (Å²) in [5.74, 6) is -0.945. The quantitative estimate of drug-likeness (QED) is 0.760. The highest BCUT2D eigenvalue weighted by Crippen LogP contribution is 2.31. The lowest BCUT2D eigenvalue weighted by molar-refractivity contribution is -0.154. The lowest BCUT2D eigenvalue weighted by atomic mass is 9.83. The standard InChI is InChI=1S/C21H25N3O5/c1-15(20(27)23-21(14-22)10-5-2-6-11-21)29-19(26)13-24-16-7-3-4-8-17(16)28-12-9-18(24)25/h3-4,7-8,15H,2,5-6,9-13H2,1H3,(H,23,27)/t15-/m0/s1. The first-order valence-electron chi connectivity index (χ1n) is 9.89. The van der Waals surface area contributed by atoms with Gasteiger partial charge in [-0.3, -0.25) is 19.3 Å². The molecule has 1 aliphatic heterocycles. The van der Waals surface area contributed by atoms with Crippen LogP contribution in [0, 0.1) is 11.3 Å². The van der Waals surface area contributed by atoms with Crippen LogP contribution in [0.2, 0.25) is 0 Å². The first kappa shape index (κ1) is 20.6. The van der Waals surface area contributed by atoms with Gasteiger partial charge < -0.3 is 14.8 Å². The van der Waals surface area contributed by atoms with Gasteiger partial charge in [-0.1, -0.05) is 31.4 Å². The molecule has 0 saturated heterocycles. The van der Waals surface area contributed by atoms with Gasteiger partial charge in [0.1, 0.15) is 17.8 Å². The molecular formula is C21H25N3O5. The maximum absolute atomic E-state index is 12.5. The van der Waals surface area contributed by atoms with Gasteiger partial charge in [0.2, 0.25) is 5.91 Å².